The Morgan fingerprint density at radius 2 is 2.38 bits per heavy atom. The standard InChI is InChI=1S/C11H12ClN3O/c1-7(5-13)6-15-11(16)9-3-2-8(12)4-10(9)14/h2-4,7H,6,14H2,1H3,(H,15,16). The van der Waals surface area contributed by atoms with Gasteiger partial charge in [-0.05, 0) is 25.1 Å². The van der Waals surface area contributed by atoms with Gasteiger partial charge in [-0.3, -0.25) is 4.79 Å². The lowest BCUT2D eigenvalue weighted by molar-refractivity contribution is 0.0951. The fourth-order valence-electron chi connectivity index (χ4n) is 1.13. The van der Waals surface area contributed by atoms with Gasteiger partial charge < -0.3 is 11.1 Å². The molecule has 0 radical (unpaired) electrons. The molecule has 1 atom stereocenters. The molecule has 0 saturated heterocycles. The van der Waals surface area contributed by atoms with Crippen LogP contribution in [0.25, 0.3) is 0 Å². The van der Waals surface area contributed by atoms with Crippen molar-refractivity contribution in [2.75, 3.05) is 12.3 Å². The molecule has 16 heavy (non-hydrogen) atoms. The van der Waals surface area contributed by atoms with Crippen molar-refractivity contribution < 1.29 is 4.79 Å². The van der Waals surface area contributed by atoms with Gasteiger partial charge in [-0.2, -0.15) is 5.26 Å². The maximum Gasteiger partial charge on any atom is 0.253 e. The highest BCUT2D eigenvalue weighted by atomic mass is 35.5. The highest BCUT2D eigenvalue weighted by Crippen LogP contribution is 2.17. The average Bonchev–Trinajstić information content (AvgIpc) is 2.25. The summed E-state index contributed by atoms with van der Waals surface area (Å²) < 4.78 is 0. The van der Waals surface area contributed by atoms with E-state index in [-0.39, 0.29) is 11.8 Å². The van der Waals surface area contributed by atoms with E-state index in [1.165, 1.54) is 6.07 Å². The molecule has 0 heterocycles. The van der Waals surface area contributed by atoms with Crippen molar-refractivity contribution in [1.82, 2.24) is 5.32 Å². The second-order valence-electron chi connectivity index (χ2n) is 3.47. The summed E-state index contributed by atoms with van der Waals surface area (Å²) in [6.45, 7) is 2.03. The molecule has 0 bridgehead atoms. The lowest BCUT2D eigenvalue weighted by Gasteiger charge is -2.08. The van der Waals surface area contributed by atoms with Gasteiger partial charge in [-0.1, -0.05) is 11.6 Å². The summed E-state index contributed by atoms with van der Waals surface area (Å²) in [5.74, 6) is -0.520. The van der Waals surface area contributed by atoms with Gasteiger partial charge in [0, 0.05) is 17.3 Å². The first-order valence-electron chi connectivity index (χ1n) is 4.77. The first-order valence-corrected chi connectivity index (χ1v) is 5.15. The van der Waals surface area contributed by atoms with Gasteiger partial charge in [0.2, 0.25) is 0 Å². The second-order valence-corrected chi connectivity index (χ2v) is 3.91. The van der Waals surface area contributed by atoms with Crippen LogP contribution in [0.15, 0.2) is 18.2 Å². The van der Waals surface area contributed by atoms with Crippen molar-refractivity contribution in [3.05, 3.63) is 28.8 Å². The number of rotatable bonds is 3. The Hall–Kier alpha value is -1.73. The Morgan fingerprint density at radius 3 is 2.94 bits per heavy atom. The van der Waals surface area contributed by atoms with Gasteiger partial charge in [-0.15, -0.1) is 0 Å². The van der Waals surface area contributed by atoms with Crippen LogP contribution in [0, 0.1) is 17.2 Å². The predicted octanol–water partition coefficient (Wildman–Crippen LogP) is 1.81. The first kappa shape index (κ1) is 12.3. The third-order valence-corrected chi connectivity index (χ3v) is 2.28. The van der Waals surface area contributed by atoms with Crippen molar-refractivity contribution in [3.63, 3.8) is 0 Å². The number of nitriles is 1. The Balaban J connectivity index is 2.71. The van der Waals surface area contributed by atoms with E-state index in [1.807, 2.05) is 6.07 Å². The third-order valence-electron chi connectivity index (χ3n) is 2.05. The molecule has 1 unspecified atom stereocenters. The summed E-state index contributed by atoms with van der Waals surface area (Å²) in [6, 6.07) is 6.70. The predicted molar refractivity (Wildman–Crippen MR) is 63.0 cm³/mol. The zero-order chi connectivity index (χ0) is 12.1. The maximum atomic E-state index is 11.7. The number of hydrogen-bond donors (Lipinski definition) is 2. The van der Waals surface area contributed by atoms with Crippen LogP contribution >= 0.6 is 11.6 Å². The number of anilines is 1. The van der Waals surface area contributed by atoms with Crippen molar-refractivity contribution >= 4 is 23.2 Å². The molecule has 0 saturated carbocycles. The fourth-order valence-corrected chi connectivity index (χ4v) is 1.31. The molecule has 0 aromatic heterocycles. The van der Waals surface area contributed by atoms with Crippen LogP contribution in [0.3, 0.4) is 0 Å². The van der Waals surface area contributed by atoms with Crippen LogP contribution in [0.5, 0.6) is 0 Å². The second kappa shape index (κ2) is 5.38. The molecule has 0 aliphatic heterocycles. The quantitative estimate of drug-likeness (QED) is 0.787. The number of halogens is 1. The monoisotopic (exact) mass is 237 g/mol. The summed E-state index contributed by atoms with van der Waals surface area (Å²) in [7, 11) is 0. The molecule has 0 spiro atoms. The topological polar surface area (TPSA) is 78.9 Å². The third kappa shape index (κ3) is 3.14. The fraction of sp³-hybridized carbons (Fsp3) is 0.273. The lowest BCUT2D eigenvalue weighted by Crippen LogP contribution is -2.28. The lowest BCUT2D eigenvalue weighted by atomic mass is 10.1. The van der Waals surface area contributed by atoms with Crippen molar-refractivity contribution in [3.8, 4) is 6.07 Å². The molecule has 0 aliphatic carbocycles. The summed E-state index contributed by atoms with van der Waals surface area (Å²) in [4.78, 5) is 11.7. The number of nitrogen functional groups attached to an aromatic ring is 1. The summed E-state index contributed by atoms with van der Waals surface area (Å²) >= 11 is 5.72. The number of benzene rings is 1. The maximum absolute atomic E-state index is 11.7. The molecule has 5 heteroatoms. The summed E-state index contributed by atoms with van der Waals surface area (Å²) in [6.07, 6.45) is 0. The van der Waals surface area contributed by atoms with Gasteiger partial charge in [0.25, 0.3) is 5.91 Å². The molecular formula is C11H12ClN3O. The molecule has 4 nitrogen and oxygen atoms in total. The SMILES string of the molecule is CC(C#N)CNC(=O)c1ccc(Cl)cc1N. The number of nitrogens with zero attached hydrogens (tertiary/aromatic N) is 1. The summed E-state index contributed by atoms with van der Waals surface area (Å²) in [5.41, 5.74) is 6.35. The Kier molecular flexibility index (Phi) is 4.15. The normalized spacial score (nSPS) is 11.6. The number of nitrogens with one attached hydrogen (secondary N) is 1. The largest absolute Gasteiger partial charge is 0.398 e. The molecule has 0 aliphatic rings. The van der Waals surface area contributed by atoms with Crippen LogP contribution in [-0.2, 0) is 0 Å². The van der Waals surface area contributed by atoms with Crippen LogP contribution < -0.4 is 11.1 Å². The molecule has 1 amide bonds. The minimum absolute atomic E-state index is 0.225. The van der Waals surface area contributed by atoms with E-state index < -0.39 is 0 Å². The van der Waals surface area contributed by atoms with E-state index in [1.54, 1.807) is 19.1 Å². The molecule has 3 N–H and O–H groups in total. The van der Waals surface area contributed by atoms with Crippen LogP contribution in [-0.4, -0.2) is 12.5 Å². The number of carbonyl (C=O) groups is 1. The highest BCUT2D eigenvalue weighted by Gasteiger charge is 2.10. The van der Waals surface area contributed by atoms with E-state index in [2.05, 4.69) is 5.32 Å². The van der Waals surface area contributed by atoms with E-state index in [9.17, 15) is 4.79 Å². The minimum atomic E-state index is -0.295. The van der Waals surface area contributed by atoms with E-state index in [0.717, 1.165) is 0 Å². The van der Waals surface area contributed by atoms with Gasteiger partial charge in [0.15, 0.2) is 0 Å². The summed E-state index contributed by atoms with van der Waals surface area (Å²) in [5, 5.41) is 11.7. The first-order chi connectivity index (χ1) is 7.54. The minimum Gasteiger partial charge on any atom is -0.398 e. The zero-order valence-electron chi connectivity index (χ0n) is 8.83. The number of hydrogen-bond acceptors (Lipinski definition) is 3. The van der Waals surface area contributed by atoms with E-state index >= 15 is 0 Å². The van der Waals surface area contributed by atoms with Crippen LogP contribution in [0.2, 0.25) is 5.02 Å². The zero-order valence-corrected chi connectivity index (χ0v) is 9.58. The number of amides is 1. The highest BCUT2D eigenvalue weighted by molar-refractivity contribution is 6.31. The van der Waals surface area contributed by atoms with Gasteiger partial charge in [0.1, 0.15) is 0 Å². The molecular weight excluding hydrogens is 226 g/mol. The molecule has 1 aromatic rings. The Morgan fingerprint density at radius 1 is 1.69 bits per heavy atom. The van der Waals surface area contributed by atoms with E-state index in [0.29, 0.717) is 22.8 Å². The Labute approximate surface area is 99.0 Å². The molecule has 1 aromatic carbocycles. The average molecular weight is 238 g/mol. The van der Waals surface area contributed by atoms with Crippen LogP contribution in [0.1, 0.15) is 17.3 Å². The molecule has 84 valence electrons. The smallest absolute Gasteiger partial charge is 0.253 e. The van der Waals surface area contributed by atoms with Crippen molar-refractivity contribution in [2.24, 2.45) is 5.92 Å². The Bertz CT molecular complexity index is 439. The number of carbonyl (C=O) groups excluding carboxylic acids is 1. The number of nitrogens with two attached hydrogens (primary N) is 1. The van der Waals surface area contributed by atoms with Crippen molar-refractivity contribution in [2.45, 2.75) is 6.92 Å². The van der Waals surface area contributed by atoms with Gasteiger partial charge >= 0.3 is 0 Å². The van der Waals surface area contributed by atoms with E-state index in [4.69, 9.17) is 22.6 Å². The molecule has 0 fully saturated rings. The van der Waals surface area contributed by atoms with Gasteiger partial charge in [0.05, 0.1) is 17.6 Å². The van der Waals surface area contributed by atoms with Crippen molar-refractivity contribution in [1.29, 1.82) is 5.26 Å². The van der Waals surface area contributed by atoms with Gasteiger partial charge in [-0.25, -0.2) is 0 Å². The molecule has 1 rings (SSSR count). The van der Waals surface area contributed by atoms with Crippen LogP contribution in [0.4, 0.5) is 5.69 Å².